The summed E-state index contributed by atoms with van der Waals surface area (Å²) >= 11 is 0. The van der Waals surface area contributed by atoms with Crippen molar-refractivity contribution in [2.45, 2.75) is 26.7 Å². The van der Waals surface area contributed by atoms with Crippen molar-refractivity contribution >= 4 is 10.9 Å². The summed E-state index contributed by atoms with van der Waals surface area (Å²) in [6.45, 7) is 4.05. The molecule has 1 unspecified atom stereocenters. The highest BCUT2D eigenvalue weighted by atomic mass is 15.3. The predicted octanol–water partition coefficient (Wildman–Crippen LogP) is 3.06. The fraction of sp³-hybridized carbons (Fsp3) is 0.429. The highest BCUT2D eigenvalue weighted by molar-refractivity contribution is 5.81. The molecular weight excluding hydrogens is 210 g/mol. The maximum absolute atomic E-state index is 9.24. The van der Waals surface area contributed by atoms with Crippen LogP contribution in [0.4, 0.5) is 0 Å². The quantitative estimate of drug-likeness (QED) is 0.808. The van der Waals surface area contributed by atoms with Gasteiger partial charge in [-0.1, -0.05) is 25.1 Å². The Bertz CT molecular complexity index is 577. The number of fused-ring (bicyclic) bond motifs is 1. The average molecular weight is 227 g/mol. The molecule has 1 aromatic heterocycles. The Morgan fingerprint density at radius 1 is 1.41 bits per heavy atom. The Morgan fingerprint density at radius 2 is 2.12 bits per heavy atom. The van der Waals surface area contributed by atoms with Gasteiger partial charge in [-0.05, 0) is 19.4 Å². The molecule has 3 heteroatoms. The Morgan fingerprint density at radius 3 is 2.76 bits per heavy atom. The number of aromatic nitrogens is 2. The third-order valence-electron chi connectivity index (χ3n) is 3.44. The summed E-state index contributed by atoms with van der Waals surface area (Å²) in [7, 11) is 1.95. The largest absolute Gasteiger partial charge is 0.268 e. The molecule has 1 aromatic carbocycles. The maximum atomic E-state index is 9.24. The number of benzene rings is 1. The molecular formula is C14H17N3. The molecule has 0 radical (unpaired) electrons. The third-order valence-corrected chi connectivity index (χ3v) is 3.44. The van der Waals surface area contributed by atoms with E-state index in [1.807, 2.05) is 37.7 Å². The molecule has 2 rings (SSSR count). The second kappa shape index (κ2) is 4.21. The first-order valence-corrected chi connectivity index (χ1v) is 5.91. The van der Waals surface area contributed by atoms with Crippen LogP contribution in [0.15, 0.2) is 24.3 Å². The van der Waals surface area contributed by atoms with E-state index < -0.39 is 0 Å². The molecule has 1 atom stereocenters. The van der Waals surface area contributed by atoms with Crippen LogP contribution in [0.25, 0.3) is 10.9 Å². The summed E-state index contributed by atoms with van der Waals surface area (Å²) in [5, 5.41) is 14.9. The number of nitrogens with zero attached hydrogens (tertiary/aromatic N) is 3. The van der Waals surface area contributed by atoms with Crippen LogP contribution in [0, 0.1) is 16.7 Å². The van der Waals surface area contributed by atoms with Gasteiger partial charge in [-0.15, -0.1) is 0 Å². The summed E-state index contributed by atoms with van der Waals surface area (Å²) in [6.07, 6.45) is 1.55. The van der Waals surface area contributed by atoms with Crippen LogP contribution in [0.1, 0.15) is 26.0 Å². The minimum Gasteiger partial charge on any atom is -0.268 e. The van der Waals surface area contributed by atoms with Crippen LogP contribution in [-0.4, -0.2) is 9.78 Å². The van der Waals surface area contributed by atoms with Gasteiger partial charge in [0.1, 0.15) is 0 Å². The molecule has 0 spiro atoms. The predicted molar refractivity (Wildman–Crippen MR) is 68.4 cm³/mol. The molecule has 0 N–H and O–H groups in total. The van der Waals surface area contributed by atoms with Gasteiger partial charge in [-0.25, -0.2) is 0 Å². The minimum atomic E-state index is -0.322. The highest BCUT2D eigenvalue weighted by Gasteiger charge is 2.24. The van der Waals surface area contributed by atoms with Crippen molar-refractivity contribution in [3.05, 3.63) is 30.0 Å². The molecule has 0 aliphatic rings. The molecule has 17 heavy (non-hydrogen) atoms. The number of hydrogen-bond donors (Lipinski definition) is 0. The van der Waals surface area contributed by atoms with Gasteiger partial charge in [0.2, 0.25) is 0 Å². The van der Waals surface area contributed by atoms with E-state index >= 15 is 0 Å². The zero-order valence-electron chi connectivity index (χ0n) is 10.6. The van der Waals surface area contributed by atoms with E-state index in [0.29, 0.717) is 6.42 Å². The summed E-state index contributed by atoms with van der Waals surface area (Å²) in [5.41, 5.74) is 1.82. The Hall–Kier alpha value is -1.82. The first-order valence-electron chi connectivity index (χ1n) is 5.91. The van der Waals surface area contributed by atoms with Crippen LogP contribution < -0.4 is 0 Å². The van der Waals surface area contributed by atoms with Crippen LogP contribution in [0.2, 0.25) is 0 Å². The van der Waals surface area contributed by atoms with Gasteiger partial charge < -0.3 is 0 Å². The zero-order valence-corrected chi connectivity index (χ0v) is 10.6. The van der Waals surface area contributed by atoms with Crippen molar-refractivity contribution in [3.63, 3.8) is 0 Å². The van der Waals surface area contributed by atoms with Crippen molar-refractivity contribution < 1.29 is 0 Å². The fourth-order valence-corrected chi connectivity index (χ4v) is 2.03. The SMILES string of the molecule is CCC(C)(C#N)Cc1nn(C)c2ccccc12. The molecule has 0 aliphatic carbocycles. The molecule has 0 amide bonds. The first-order chi connectivity index (χ1) is 8.09. The topological polar surface area (TPSA) is 41.6 Å². The highest BCUT2D eigenvalue weighted by Crippen LogP contribution is 2.28. The lowest BCUT2D eigenvalue weighted by molar-refractivity contribution is 0.417. The minimum absolute atomic E-state index is 0.322. The van der Waals surface area contributed by atoms with Gasteiger partial charge in [-0.3, -0.25) is 4.68 Å². The van der Waals surface area contributed by atoms with Crippen LogP contribution in [0.5, 0.6) is 0 Å². The standard InChI is InChI=1S/C14H17N3/c1-4-14(2,10-15)9-12-11-7-5-6-8-13(11)17(3)16-12/h5-8H,4,9H2,1-3H3. The summed E-state index contributed by atoms with van der Waals surface area (Å²) < 4.78 is 1.89. The number of hydrogen-bond acceptors (Lipinski definition) is 2. The van der Waals surface area contributed by atoms with Gasteiger partial charge in [0.15, 0.2) is 0 Å². The van der Waals surface area contributed by atoms with Gasteiger partial charge in [0.25, 0.3) is 0 Å². The van der Waals surface area contributed by atoms with E-state index in [1.165, 1.54) is 0 Å². The van der Waals surface area contributed by atoms with E-state index in [9.17, 15) is 5.26 Å². The van der Waals surface area contributed by atoms with Crippen molar-refractivity contribution in [3.8, 4) is 6.07 Å². The smallest absolute Gasteiger partial charge is 0.0719 e. The monoisotopic (exact) mass is 227 g/mol. The zero-order chi connectivity index (χ0) is 12.5. The average Bonchev–Trinajstić information content (AvgIpc) is 2.67. The van der Waals surface area contributed by atoms with Crippen LogP contribution in [-0.2, 0) is 13.5 Å². The molecule has 0 saturated carbocycles. The lowest BCUT2D eigenvalue weighted by atomic mass is 9.84. The molecule has 1 heterocycles. The van der Waals surface area contributed by atoms with Gasteiger partial charge >= 0.3 is 0 Å². The number of rotatable bonds is 3. The van der Waals surface area contributed by atoms with E-state index in [-0.39, 0.29) is 5.41 Å². The molecule has 0 fully saturated rings. The molecule has 0 saturated heterocycles. The Labute approximate surface area is 102 Å². The maximum Gasteiger partial charge on any atom is 0.0719 e. The van der Waals surface area contributed by atoms with E-state index in [0.717, 1.165) is 23.0 Å². The van der Waals surface area contributed by atoms with Crippen molar-refractivity contribution in [1.82, 2.24) is 9.78 Å². The lowest BCUT2D eigenvalue weighted by Crippen LogP contribution is -2.16. The lowest BCUT2D eigenvalue weighted by Gasteiger charge is -2.17. The van der Waals surface area contributed by atoms with E-state index in [4.69, 9.17) is 0 Å². The number of nitriles is 1. The molecule has 2 aromatic rings. The van der Waals surface area contributed by atoms with E-state index in [2.05, 4.69) is 23.3 Å². The Kier molecular flexibility index (Phi) is 2.89. The first kappa shape index (κ1) is 11.7. The number of aryl methyl sites for hydroxylation is 1. The molecule has 3 nitrogen and oxygen atoms in total. The number of para-hydroxylation sites is 1. The van der Waals surface area contributed by atoms with Crippen molar-refractivity contribution in [2.24, 2.45) is 12.5 Å². The summed E-state index contributed by atoms with van der Waals surface area (Å²) in [4.78, 5) is 0. The molecule has 0 aliphatic heterocycles. The third kappa shape index (κ3) is 2.03. The van der Waals surface area contributed by atoms with Gasteiger partial charge in [-0.2, -0.15) is 10.4 Å². The van der Waals surface area contributed by atoms with Crippen molar-refractivity contribution in [1.29, 1.82) is 5.26 Å². The fourth-order valence-electron chi connectivity index (χ4n) is 2.03. The summed E-state index contributed by atoms with van der Waals surface area (Å²) in [6, 6.07) is 10.6. The Balaban J connectivity index is 2.47. The summed E-state index contributed by atoms with van der Waals surface area (Å²) in [5.74, 6) is 0. The van der Waals surface area contributed by atoms with Crippen LogP contribution >= 0.6 is 0 Å². The van der Waals surface area contributed by atoms with Crippen LogP contribution in [0.3, 0.4) is 0 Å². The molecule has 0 bridgehead atoms. The molecule has 88 valence electrons. The van der Waals surface area contributed by atoms with Gasteiger partial charge in [0, 0.05) is 18.9 Å². The second-order valence-electron chi connectivity index (χ2n) is 4.79. The normalized spacial score (nSPS) is 14.5. The van der Waals surface area contributed by atoms with Gasteiger partial charge in [0.05, 0.1) is 22.7 Å². The van der Waals surface area contributed by atoms with Crippen molar-refractivity contribution in [2.75, 3.05) is 0 Å². The van der Waals surface area contributed by atoms with E-state index in [1.54, 1.807) is 0 Å². The second-order valence-corrected chi connectivity index (χ2v) is 4.79.